The highest BCUT2D eigenvalue weighted by molar-refractivity contribution is 9.10. The van der Waals surface area contributed by atoms with Crippen molar-refractivity contribution >= 4 is 27.4 Å². The zero-order valence-electron chi connectivity index (χ0n) is 13.2. The fourth-order valence-electron chi connectivity index (χ4n) is 2.75. The molecule has 0 saturated carbocycles. The van der Waals surface area contributed by atoms with Gasteiger partial charge in [0.1, 0.15) is 11.5 Å². The lowest BCUT2D eigenvalue weighted by molar-refractivity contribution is -0.530. The highest BCUT2D eigenvalue weighted by Gasteiger charge is 2.62. The van der Waals surface area contributed by atoms with E-state index >= 15 is 0 Å². The average Bonchev–Trinajstić information content (AvgIpc) is 2.63. The van der Waals surface area contributed by atoms with Crippen molar-refractivity contribution in [2.75, 3.05) is 7.11 Å². The summed E-state index contributed by atoms with van der Waals surface area (Å²) in [6, 6.07) is 9.76. The minimum absolute atomic E-state index is 0.0166. The van der Waals surface area contributed by atoms with Gasteiger partial charge in [0, 0.05) is 22.0 Å². The number of alkyl halides is 1. The number of methoxy groups -OCH3 is 1. The van der Waals surface area contributed by atoms with Crippen LogP contribution in [-0.2, 0) is 0 Å². The summed E-state index contributed by atoms with van der Waals surface area (Å²) in [7, 11) is 1.35. The van der Waals surface area contributed by atoms with Crippen molar-refractivity contribution in [2.45, 2.75) is 10.6 Å². The number of hydrogen-bond acceptors (Lipinski definition) is 7. The molecule has 1 heterocycles. The van der Waals surface area contributed by atoms with Crippen LogP contribution in [0.2, 0.25) is 0 Å². The molecular formula is C16H11BrN2O7. The lowest BCUT2D eigenvalue weighted by Gasteiger charge is -2.32. The van der Waals surface area contributed by atoms with E-state index in [4.69, 9.17) is 9.47 Å². The van der Waals surface area contributed by atoms with E-state index in [1.807, 2.05) is 0 Å². The van der Waals surface area contributed by atoms with Crippen LogP contribution in [0.25, 0.3) is 0 Å². The second kappa shape index (κ2) is 6.37. The van der Waals surface area contributed by atoms with Crippen molar-refractivity contribution in [3.8, 4) is 11.5 Å². The predicted molar refractivity (Wildman–Crippen MR) is 92.4 cm³/mol. The standard InChI is InChI=1S/C16H11BrN2O7/c1-25-9-6-7-12(18(21)22)11(8-9)15-16(17,19(23)24)14(20)10-4-2-3-5-13(10)26-15/h2-8,15H,1H3/t15-,16+/m1/s1. The third-order valence-electron chi connectivity index (χ3n) is 4.02. The molecule has 0 amide bonds. The van der Waals surface area contributed by atoms with Crippen molar-refractivity contribution in [3.63, 3.8) is 0 Å². The fourth-order valence-corrected chi connectivity index (χ4v) is 3.31. The second-order valence-corrected chi connectivity index (χ2v) is 6.64. The Labute approximate surface area is 155 Å². The molecule has 0 aromatic heterocycles. The van der Waals surface area contributed by atoms with E-state index in [0.29, 0.717) is 0 Å². The van der Waals surface area contributed by atoms with E-state index in [-0.39, 0.29) is 22.6 Å². The summed E-state index contributed by atoms with van der Waals surface area (Å²) in [5, 5.41) is 23.2. The molecule has 0 radical (unpaired) electrons. The molecule has 0 fully saturated rings. The topological polar surface area (TPSA) is 122 Å². The number of hydrogen-bond donors (Lipinski definition) is 0. The van der Waals surface area contributed by atoms with Crippen LogP contribution in [0.1, 0.15) is 22.0 Å². The molecule has 26 heavy (non-hydrogen) atoms. The fraction of sp³-hybridized carbons (Fsp3) is 0.188. The number of fused-ring (bicyclic) bond motifs is 1. The first kappa shape index (κ1) is 17.8. The van der Waals surface area contributed by atoms with Crippen LogP contribution in [0.3, 0.4) is 0 Å². The molecule has 2 atom stereocenters. The van der Waals surface area contributed by atoms with Gasteiger partial charge in [0.2, 0.25) is 6.10 Å². The first-order valence-electron chi connectivity index (χ1n) is 7.27. The van der Waals surface area contributed by atoms with Gasteiger partial charge in [0.15, 0.2) is 0 Å². The van der Waals surface area contributed by atoms with Gasteiger partial charge in [-0.3, -0.25) is 25.0 Å². The number of para-hydroxylation sites is 1. The third kappa shape index (κ3) is 2.58. The van der Waals surface area contributed by atoms with Gasteiger partial charge < -0.3 is 9.47 Å². The van der Waals surface area contributed by atoms with Crippen molar-refractivity contribution in [1.82, 2.24) is 0 Å². The Morgan fingerprint density at radius 1 is 1.19 bits per heavy atom. The molecule has 9 nitrogen and oxygen atoms in total. The normalized spacial score (nSPS) is 21.5. The van der Waals surface area contributed by atoms with Gasteiger partial charge in [-0.1, -0.05) is 12.1 Å². The van der Waals surface area contributed by atoms with Crippen molar-refractivity contribution in [1.29, 1.82) is 0 Å². The summed E-state index contributed by atoms with van der Waals surface area (Å²) >= 11 is 2.89. The van der Waals surface area contributed by atoms with Crippen LogP contribution in [-0.4, -0.2) is 27.2 Å². The number of Topliss-reactive ketones (excluding diaryl/α,β-unsaturated/α-hetero) is 1. The van der Waals surface area contributed by atoms with E-state index in [1.165, 1.54) is 31.4 Å². The number of rotatable bonds is 4. The van der Waals surface area contributed by atoms with Crippen LogP contribution < -0.4 is 9.47 Å². The van der Waals surface area contributed by atoms with Crippen LogP contribution in [0.15, 0.2) is 42.5 Å². The monoisotopic (exact) mass is 422 g/mol. The van der Waals surface area contributed by atoms with E-state index in [2.05, 4.69) is 15.9 Å². The zero-order valence-corrected chi connectivity index (χ0v) is 14.8. The Kier molecular flexibility index (Phi) is 4.36. The predicted octanol–water partition coefficient (Wildman–Crippen LogP) is 3.29. The first-order chi connectivity index (χ1) is 12.3. The summed E-state index contributed by atoms with van der Waals surface area (Å²) < 4.78 is 8.33. The molecule has 0 unspecified atom stereocenters. The molecule has 0 spiro atoms. The highest BCUT2D eigenvalue weighted by Crippen LogP contribution is 2.48. The van der Waals surface area contributed by atoms with Gasteiger partial charge in [-0.15, -0.1) is 0 Å². The van der Waals surface area contributed by atoms with Crippen molar-refractivity contribution < 1.29 is 24.1 Å². The molecule has 0 N–H and O–H groups in total. The molecule has 3 rings (SSSR count). The average molecular weight is 423 g/mol. The lowest BCUT2D eigenvalue weighted by atomic mass is 9.90. The summed E-state index contributed by atoms with van der Waals surface area (Å²) in [6.45, 7) is 0. The number of nitrogens with zero attached hydrogens (tertiary/aromatic N) is 2. The summed E-state index contributed by atoms with van der Waals surface area (Å²) in [6.07, 6.45) is -1.57. The van der Waals surface area contributed by atoms with Crippen LogP contribution in [0.5, 0.6) is 11.5 Å². The molecule has 2 aromatic rings. The number of benzene rings is 2. The Hall–Kier alpha value is -3.01. The lowest BCUT2D eigenvalue weighted by Crippen LogP contribution is -2.50. The minimum Gasteiger partial charge on any atom is -0.497 e. The molecule has 0 bridgehead atoms. The number of ketones is 1. The van der Waals surface area contributed by atoms with Crippen molar-refractivity contribution in [2.24, 2.45) is 0 Å². The maximum Gasteiger partial charge on any atom is 0.376 e. The van der Waals surface area contributed by atoms with Crippen LogP contribution >= 0.6 is 15.9 Å². The van der Waals surface area contributed by atoms with Gasteiger partial charge in [0.25, 0.3) is 11.5 Å². The number of carbonyl (C=O) groups excluding carboxylic acids is 1. The van der Waals surface area contributed by atoms with Crippen molar-refractivity contribution in [3.05, 3.63) is 73.8 Å². The largest absolute Gasteiger partial charge is 0.497 e. The SMILES string of the molecule is COc1ccc([N+](=O)[O-])c([C@H]2Oc3ccccc3C(=O)[C@]2(Br)[N+](=O)[O-])c1. The number of halogens is 1. The zero-order chi connectivity index (χ0) is 19.1. The molecule has 10 heteroatoms. The van der Waals surface area contributed by atoms with Gasteiger partial charge in [0.05, 0.1) is 28.1 Å². The van der Waals surface area contributed by atoms with E-state index in [9.17, 15) is 25.0 Å². The maximum atomic E-state index is 12.8. The molecule has 0 saturated heterocycles. The molecule has 1 aliphatic heterocycles. The van der Waals surface area contributed by atoms with Gasteiger partial charge in [-0.25, -0.2) is 0 Å². The minimum atomic E-state index is -2.42. The Morgan fingerprint density at radius 2 is 1.88 bits per heavy atom. The molecular weight excluding hydrogens is 412 g/mol. The Bertz CT molecular complexity index is 933. The van der Waals surface area contributed by atoms with Crippen LogP contribution in [0.4, 0.5) is 5.69 Å². The summed E-state index contributed by atoms with van der Waals surface area (Å²) in [5.74, 6) is -0.512. The van der Waals surface area contributed by atoms with E-state index in [0.717, 1.165) is 6.07 Å². The second-order valence-electron chi connectivity index (χ2n) is 5.44. The Balaban J connectivity index is 2.28. The molecule has 1 aliphatic rings. The first-order valence-corrected chi connectivity index (χ1v) is 8.06. The summed E-state index contributed by atoms with van der Waals surface area (Å²) in [4.78, 5) is 34.5. The van der Waals surface area contributed by atoms with E-state index in [1.54, 1.807) is 12.1 Å². The smallest absolute Gasteiger partial charge is 0.376 e. The van der Waals surface area contributed by atoms with Gasteiger partial charge >= 0.3 is 4.45 Å². The number of nitro benzene ring substituents is 1. The molecule has 134 valence electrons. The van der Waals surface area contributed by atoms with Crippen LogP contribution in [0, 0.1) is 20.2 Å². The number of nitro groups is 2. The number of ether oxygens (including phenoxy) is 2. The molecule has 0 aliphatic carbocycles. The quantitative estimate of drug-likeness (QED) is 0.320. The van der Waals surface area contributed by atoms with E-state index < -0.39 is 31.9 Å². The third-order valence-corrected chi connectivity index (χ3v) is 5.09. The van der Waals surface area contributed by atoms with Gasteiger partial charge in [-0.05, 0) is 24.3 Å². The molecule has 2 aromatic carbocycles. The maximum absolute atomic E-state index is 12.8. The van der Waals surface area contributed by atoms with Gasteiger partial charge in [-0.2, -0.15) is 0 Å². The Morgan fingerprint density at radius 3 is 2.50 bits per heavy atom. The highest BCUT2D eigenvalue weighted by atomic mass is 79.9. The summed E-state index contributed by atoms with van der Waals surface area (Å²) in [5.41, 5.74) is -0.553. The number of carbonyl (C=O) groups is 1.